The van der Waals surface area contributed by atoms with Crippen molar-refractivity contribution >= 4 is 0 Å². The fourth-order valence-corrected chi connectivity index (χ4v) is 4.61. The van der Waals surface area contributed by atoms with Gasteiger partial charge in [-0.3, -0.25) is 0 Å². The molecule has 0 aliphatic carbocycles. The van der Waals surface area contributed by atoms with E-state index >= 15 is 0 Å². The molecule has 0 spiro atoms. The van der Waals surface area contributed by atoms with Crippen molar-refractivity contribution in [1.82, 2.24) is 9.13 Å². The minimum absolute atomic E-state index is 0. The smallest absolute Gasteiger partial charge is 1.00 e. The number of rotatable bonds is 6. The third kappa shape index (κ3) is 4.95. The monoisotopic (exact) mass is 486 g/mol. The summed E-state index contributed by atoms with van der Waals surface area (Å²) in [5.74, 6) is 1.71. The van der Waals surface area contributed by atoms with Crippen LogP contribution in [0.2, 0.25) is 0 Å². The van der Waals surface area contributed by atoms with Crippen LogP contribution in [0.3, 0.4) is 0 Å². The standard InChI is InChI=1S/C27H36N2.Cl.Cu/c1-18(2)22-11-9-12-23(19(3)4)26(22)28-15-16-29(17-28)27-24(20(5)6)13-10-14-25(27)21(7)8;;/h9-16,18-21H,1-8H3;;/q;+1;-1. The van der Waals surface area contributed by atoms with E-state index in [1.54, 1.807) is 0 Å². The summed E-state index contributed by atoms with van der Waals surface area (Å²) in [6.45, 7) is 18.1. The molecule has 1 aromatic heterocycles. The van der Waals surface area contributed by atoms with Gasteiger partial charge in [0.15, 0.2) is 0 Å². The summed E-state index contributed by atoms with van der Waals surface area (Å²) in [6.07, 6.45) is 4.29. The number of para-hydroxylation sites is 2. The van der Waals surface area contributed by atoms with Crippen molar-refractivity contribution in [2.75, 3.05) is 0 Å². The Morgan fingerprint density at radius 2 is 0.806 bits per heavy atom. The maximum absolute atomic E-state index is 6.29. The predicted octanol–water partition coefficient (Wildman–Crippen LogP) is 7.84. The van der Waals surface area contributed by atoms with E-state index in [1.165, 1.54) is 33.6 Å². The van der Waals surface area contributed by atoms with Crippen LogP contribution in [-0.4, -0.2) is 9.13 Å². The van der Waals surface area contributed by atoms with Gasteiger partial charge in [-0.1, -0.05) is 0 Å². The second kappa shape index (κ2) is 10.4. The fourth-order valence-electron chi connectivity index (χ4n) is 4.26. The molecule has 0 aliphatic rings. The van der Waals surface area contributed by atoms with Crippen molar-refractivity contribution in [1.29, 1.82) is 0 Å². The van der Waals surface area contributed by atoms with Crippen molar-refractivity contribution in [2.24, 2.45) is 0 Å². The van der Waals surface area contributed by atoms with Crippen LogP contribution in [0.15, 0.2) is 48.8 Å². The summed E-state index contributed by atoms with van der Waals surface area (Å²) in [7, 11) is 0. The minimum atomic E-state index is 0. The Morgan fingerprint density at radius 3 is 1.03 bits per heavy atom. The van der Waals surface area contributed by atoms with Crippen molar-refractivity contribution in [3.8, 4) is 11.4 Å². The molecule has 2 aromatic carbocycles. The first-order chi connectivity index (χ1) is 14.1. The molecule has 2 nitrogen and oxygen atoms in total. The van der Waals surface area contributed by atoms with Crippen molar-refractivity contribution in [3.05, 3.63) is 75.4 Å². The summed E-state index contributed by atoms with van der Waals surface area (Å²) < 4.78 is 5.24. The van der Waals surface area contributed by atoms with E-state index in [-0.39, 0.29) is 12.4 Å². The van der Waals surface area contributed by atoms with Gasteiger partial charge in [-0.15, -0.1) is 0 Å². The summed E-state index contributed by atoms with van der Waals surface area (Å²) in [5, 5.41) is 0. The molecule has 2 radical (unpaired) electrons. The zero-order valence-electron chi connectivity index (χ0n) is 20.0. The molecule has 172 valence electrons. The third-order valence-electron chi connectivity index (χ3n) is 5.89. The molecule has 0 saturated heterocycles. The van der Waals surface area contributed by atoms with E-state index in [1.807, 2.05) is 0 Å². The SMILES string of the molecule is CC(C)c1cccc(C(C)C)c1-n1ccn(-c2c(C(C)C)cccc2C(C)C)[c]1=[Cu-].[Cl+]. The van der Waals surface area contributed by atoms with Gasteiger partial charge in [-0.25, -0.2) is 0 Å². The van der Waals surface area contributed by atoms with Gasteiger partial charge in [0.05, 0.1) is 0 Å². The van der Waals surface area contributed by atoms with E-state index in [0.717, 1.165) is 4.32 Å². The molecule has 0 atom stereocenters. The maximum Gasteiger partial charge on any atom is 1.00 e. The quantitative estimate of drug-likeness (QED) is 0.314. The van der Waals surface area contributed by atoms with Crippen LogP contribution < -0.4 is 0 Å². The molecule has 0 unspecified atom stereocenters. The molecular weight excluding hydrogens is 451 g/mol. The van der Waals surface area contributed by atoms with Gasteiger partial charge in [0.2, 0.25) is 0 Å². The normalized spacial score (nSPS) is 11.7. The molecule has 0 amide bonds. The summed E-state index contributed by atoms with van der Waals surface area (Å²) in [5.41, 5.74) is 7.85. The Bertz CT molecular complexity index is 950. The zero-order valence-corrected chi connectivity index (χ0v) is 21.7. The van der Waals surface area contributed by atoms with Crippen LogP contribution >= 0.6 is 0 Å². The molecule has 1 heterocycles. The second-order valence-corrected chi connectivity index (χ2v) is 9.88. The number of benzene rings is 2. The Morgan fingerprint density at radius 1 is 0.548 bits per heavy atom. The largest absolute Gasteiger partial charge is 1.00 e. The van der Waals surface area contributed by atoms with Crippen LogP contribution in [-0.2, 0) is 15.6 Å². The number of nitrogens with zero attached hydrogens (tertiary/aromatic N) is 2. The number of hydrogen-bond acceptors (Lipinski definition) is 0. The Labute approximate surface area is 202 Å². The maximum atomic E-state index is 6.29. The molecule has 3 rings (SSSR count). The van der Waals surface area contributed by atoms with Crippen LogP contribution in [0.1, 0.15) is 101 Å². The van der Waals surface area contributed by atoms with Gasteiger partial charge in [-0.2, -0.15) is 0 Å². The first kappa shape index (κ1) is 25.7. The van der Waals surface area contributed by atoms with E-state index in [4.69, 9.17) is 15.6 Å². The fraction of sp³-hybridized carbons (Fsp3) is 0.444. The summed E-state index contributed by atoms with van der Waals surface area (Å²) in [6, 6.07) is 13.3. The zero-order chi connectivity index (χ0) is 22.2. The van der Waals surface area contributed by atoms with E-state index in [2.05, 4.69) is 113 Å². The molecule has 31 heavy (non-hydrogen) atoms. The number of aromatic nitrogens is 2. The molecule has 3 aromatic rings. The van der Waals surface area contributed by atoms with Gasteiger partial charge in [-0.05, 0) is 0 Å². The molecule has 0 fully saturated rings. The van der Waals surface area contributed by atoms with Gasteiger partial charge in [0.1, 0.15) is 0 Å². The van der Waals surface area contributed by atoms with Gasteiger partial charge in [0.25, 0.3) is 0 Å². The minimum Gasteiger partial charge on any atom is 1.00 e. The number of halogens is 1. The molecule has 0 saturated carbocycles. The number of hydrogen-bond donors (Lipinski definition) is 0. The van der Waals surface area contributed by atoms with E-state index in [9.17, 15) is 0 Å². The average molecular weight is 488 g/mol. The van der Waals surface area contributed by atoms with Crippen molar-refractivity contribution < 1.29 is 28.0 Å². The number of imidazole rings is 1. The predicted molar refractivity (Wildman–Crippen MR) is 125 cm³/mol. The molecule has 4 heteroatoms. The van der Waals surface area contributed by atoms with Crippen molar-refractivity contribution in [2.45, 2.75) is 79.1 Å². The molecular formula is C27H36ClCuN2. The van der Waals surface area contributed by atoms with Crippen molar-refractivity contribution in [3.63, 3.8) is 0 Å². The van der Waals surface area contributed by atoms with Crippen LogP contribution in [0.25, 0.3) is 11.4 Å². The first-order valence-corrected chi connectivity index (χ1v) is 11.6. The average Bonchev–Trinajstić information content (AvgIpc) is 3.07. The van der Waals surface area contributed by atoms with Gasteiger partial charge >= 0.3 is 203 Å². The molecule has 0 aliphatic heterocycles. The van der Waals surface area contributed by atoms with E-state index < -0.39 is 0 Å². The van der Waals surface area contributed by atoms with Crippen LogP contribution in [0, 0.1) is 16.7 Å². The Kier molecular flexibility index (Phi) is 8.61. The Balaban J connectivity index is 0.00000341. The Hall–Kier alpha value is -1.54. The second-order valence-electron chi connectivity index (χ2n) is 9.46. The molecule has 0 bridgehead atoms. The van der Waals surface area contributed by atoms with Gasteiger partial charge < -0.3 is 0 Å². The van der Waals surface area contributed by atoms with E-state index in [0.29, 0.717) is 23.7 Å². The van der Waals surface area contributed by atoms with Crippen LogP contribution in [0.4, 0.5) is 0 Å². The molecule has 0 N–H and O–H groups in total. The summed E-state index contributed by atoms with van der Waals surface area (Å²) >= 11 is 6.29. The van der Waals surface area contributed by atoms with Crippen LogP contribution in [0.5, 0.6) is 0 Å². The third-order valence-corrected chi connectivity index (χ3v) is 6.35. The summed E-state index contributed by atoms with van der Waals surface area (Å²) in [4.78, 5) is 0. The van der Waals surface area contributed by atoms with Gasteiger partial charge in [0, 0.05) is 0 Å². The first-order valence-electron chi connectivity index (χ1n) is 11.2. The topological polar surface area (TPSA) is 9.86 Å².